The first-order valence-corrected chi connectivity index (χ1v) is 5.77. The molecule has 2 N–H and O–H groups in total. The van der Waals surface area contributed by atoms with Crippen molar-refractivity contribution in [2.75, 3.05) is 12.4 Å². The van der Waals surface area contributed by atoms with Crippen molar-refractivity contribution in [3.8, 4) is 0 Å². The van der Waals surface area contributed by atoms with Gasteiger partial charge in [0, 0.05) is 12.4 Å². The quantitative estimate of drug-likeness (QED) is 0.719. The van der Waals surface area contributed by atoms with Crippen LogP contribution in [0.15, 0.2) is 18.2 Å². The summed E-state index contributed by atoms with van der Waals surface area (Å²) in [6, 6.07) is 4.97. The van der Waals surface area contributed by atoms with Gasteiger partial charge in [-0.25, -0.2) is 9.78 Å². The van der Waals surface area contributed by atoms with Crippen LogP contribution in [0.4, 0.5) is 0 Å². The number of aromatic carboxylic acids is 1. The third-order valence-corrected chi connectivity index (χ3v) is 2.80. The zero-order chi connectivity index (χ0) is 11.1. The first-order valence-electron chi connectivity index (χ1n) is 4.62. The largest absolute Gasteiger partial charge is 0.477 e. The van der Waals surface area contributed by atoms with Gasteiger partial charge in [-0.15, -0.1) is 0 Å². The summed E-state index contributed by atoms with van der Waals surface area (Å²) in [5.41, 5.74) is 0.841. The van der Waals surface area contributed by atoms with Gasteiger partial charge in [-0.05, 0) is 24.3 Å². The highest BCUT2D eigenvalue weighted by Crippen LogP contribution is 2.11. The molecule has 0 atom stereocenters. The molecule has 0 aliphatic carbocycles. The van der Waals surface area contributed by atoms with Gasteiger partial charge >= 0.3 is 5.97 Å². The second-order valence-corrected chi connectivity index (χ2v) is 4.05. The van der Waals surface area contributed by atoms with Crippen molar-refractivity contribution in [1.29, 1.82) is 0 Å². The molecule has 0 aliphatic heterocycles. The van der Waals surface area contributed by atoms with Gasteiger partial charge in [0.25, 0.3) is 0 Å². The fraction of sp³-hybridized carbons (Fsp3) is 0.400. The number of pyridine rings is 1. The number of hydrogen-bond donors (Lipinski definition) is 2. The molecule has 0 amide bonds. The normalized spacial score (nSPS) is 10.2. The number of aromatic nitrogens is 1. The number of carboxylic acids is 1. The molecule has 0 aromatic carbocycles. The molecule has 0 saturated carbocycles. The minimum Gasteiger partial charge on any atom is -0.477 e. The van der Waals surface area contributed by atoms with Crippen LogP contribution in [0.25, 0.3) is 0 Å². The van der Waals surface area contributed by atoms with Gasteiger partial charge in [0.15, 0.2) is 0 Å². The van der Waals surface area contributed by atoms with Crippen molar-refractivity contribution >= 4 is 17.7 Å². The SMILES string of the molecule is O=C(O)c1cccc(CSCCCO)n1. The maximum atomic E-state index is 10.6. The zero-order valence-corrected chi connectivity index (χ0v) is 9.04. The van der Waals surface area contributed by atoms with Crippen molar-refractivity contribution < 1.29 is 15.0 Å². The third-order valence-electron chi connectivity index (χ3n) is 1.72. The summed E-state index contributed by atoms with van der Waals surface area (Å²) in [6.45, 7) is 0.190. The maximum Gasteiger partial charge on any atom is 0.354 e. The molecule has 4 nitrogen and oxygen atoms in total. The van der Waals surface area contributed by atoms with Crippen LogP contribution in [0, 0.1) is 0 Å². The van der Waals surface area contributed by atoms with Gasteiger partial charge in [-0.1, -0.05) is 6.07 Å². The van der Waals surface area contributed by atoms with Crippen molar-refractivity contribution in [3.05, 3.63) is 29.6 Å². The summed E-state index contributed by atoms with van der Waals surface area (Å²) in [7, 11) is 0. The highest BCUT2D eigenvalue weighted by Gasteiger charge is 2.04. The molecule has 1 rings (SSSR count). The first-order chi connectivity index (χ1) is 7.24. The van der Waals surface area contributed by atoms with E-state index in [9.17, 15) is 4.79 Å². The highest BCUT2D eigenvalue weighted by molar-refractivity contribution is 7.98. The second kappa shape index (κ2) is 6.42. The standard InChI is InChI=1S/C10H13NO3S/c12-5-2-6-15-7-8-3-1-4-9(11-8)10(13)14/h1,3-4,12H,2,5-7H2,(H,13,14). The van der Waals surface area contributed by atoms with Crippen LogP contribution in [-0.4, -0.2) is 33.5 Å². The van der Waals surface area contributed by atoms with Crippen molar-refractivity contribution in [2.45, 2.75) is 12.2 Å². The molecular formula is C10H13NO3S. The van der Waals surface area contributed by atoms with E-state index in [4.69, 9.17) is 10.2 Å². The summed E-state index contributed by atoms with van der Waals surface area (Å²) in [5.74, 6) is 0.536. The molecule has 1 aromatic heterocycles. The Hall–Kier alpha value is -1.07. The lowest BCUT2D eigenvalue weighted by Gasteiger charge is -2.01. The Morgan fingerprint density at radius 3 is 2.93 bits per heavy atom. The van der Waals surface area contributed by atoms with Crippen LogP contribution >= 0.6 is 11.8 Å². The average molecular weight is 227 g/mol. The molecule has 0 aliphatic rings. The van der Waals surface area contributed by atoms with Crippen LogP contribution in [-0.2, 0) is 5.75 Å². The predicted molar refractivity (Wildman–Crippen MR) is 59.1 cm³/mol. The molecule has 15 heavy (non-hydrogen) atoms. The number of thioether (sulfide) groups is 1. The highest BCUT2D eigenvalue weighted by atomic mass is 32.2. The van der Waals surface area contributed by atoms with Crippen molar-refractivity contribution in [3.63, 3.8) is 0 Å². The summed E-state index contributed by atoms with van der Waals surface area (Å²) >= 11 is 1.64. The van der Waals surface area contributed by atoms with Gasteiger partial charge in [-0.2, -0.15) is 11.8 Å². The van der Waals surface area contributed by atoms with E-state index in [0.717, 1.165) is 17.9 Å². The smallest absolute Gasteiger partial charge is 0.354 e. The summed E-state index contributed by atoms with van der Waals surface area (Å²) in [6.07, 6.45) is 0.753. The van der Waals surface area contributed by atoms with Gasteiger partial charge in [0.2, 0.25) is 0 Å². The van der Waals surface area contributed by atoms with E-state index >= 15 is 0 Å². The molecular weight excluding hydrogens is 214 g/mol. The lowest BCUT2D eigenvalue weighted by Crippen LogP contribution is -2.01. The van der Waals surface area contributed by atoms with E-state index in [0.29, 0.717) is 5.75 Å². The lowest BCUT2D eigenvalue weighted by molar-refractivity contribution is 0.0690. The van der Waals surface area contributed by atoms with Crippen LogP contribution in [0.1, 0.15) is 22.6 Å². The van der Waals surface area contributed by atoms with Crippen LogP contribution in [0.2, 0.25) is 0 Å². The Labute approximate surface area is 92.3 Å². The van der Waals surface area contributed by atoms with E-state index in [2.05, 4.69) is 4.98 Å². The Morgan fingerprint density at radius 2 is 2.27 bits per heavy atom. The molecule has 0 unspecified atom stereocenters. The van der Waals surface area contributed by atoms with Crippen LogP contribution in [0.5, 0.6) is 0 Å². The number of aliphatic hydroxyl groups excluding tert-OH is 1. The monoisotopic (exact) mass is 227 g/mol. The Morgan fingerprint density at radius 1 is 1.47 bits per heavy atom. The second-order valence-electron chi connectivity index (χ2n) is 2.95. The molecule has 5 heteroatoms. The molecule has 0 spiro atoms. The van der Waals surface area contributed by atoms with Gasteiger partial charge in [0.1, 0.15) is 5.69 Å². The van der Waals surface area contributed by atoms with E-state index in [-0.39, 0.29) is 12.3 Å². The zero-order valence-electron chi connectivity index (χ0n) is 8.22. The van der Waals surface area contributed by atoms with E-state index in [1.54, 1.807) is 23.9 Å². The number of rotatable bonds is 6. The number of nitrogens with zero attached hydrogens (tertiary/aromatic N) is 1. The molecule has 0 fully saturated rings. The molecule has 0 saturated heterocycles. The predicted octanol–water partition coefficient (Wildman–Crippen LogP) is 1.40. The molecule has 0 radical (unpaired) electrons. The van der Waals surface area contributed by atoms with Crippen LogP contribution in [0.3, 0.4) is 0 Å². The van der Waals surface area contributed by atoms with E-state index in [1.165, 1.54) is 6.07 Å². The lowest BCUT2D eigenvalue weighted by atomic mass is 10.3. The van der Waals surface area contributed by atoms with Crippen molar-refractivity contribution in [1.82, 2.24) is 4.98 Å². The maximum absolute atomic E-state index is 10.6. The number of hydrogen-bond acceptors (Lipinski definition) is 4. The fourth-order valence-electron chi connectivity index (χ4n) is 1.02. The molecule has 82 valence electrons. The van der Waals surface area contributed by atoms with Crippen LogP contribution < -0.4 is 0 Å². The third kappa shape index (κ3) is 4.31. The van der Waals surface area contributed by atoms with E-state index < -0.39 is 5.97 Å². The van der Waals surface area contributed by atoms with Gasteiger partial charge < -0.3 is 10.2 Å². The first kappa shape index (κ1) is 12.0. The van der Waals surface area contributed by atoms with Gasteiger partial charge in [0.05, 0.1) is 5.69 Å². The number of carboxylic acid groups (broad SMARTS) is 1. The summed E-state index contributed by atoms with van der Waals surface area (Å²) in [4.78, 5) is 14.6. The van der Waals surface area contributed by atoms with Gasteiger partial charge in [-0.3, -0.25) is 0 Å². The molecule has 0 bridgehead atoms. The summed E-state index contributed by atoms with van der Waals surface area (Å²) in [5, 5.41) is 17.3. The molecule has 1 aromatic rings. The summed E-state index contributed by atoms with van der Waals surface area (Å²) < 4.78 is 0. The molecule has 1 heterocycles. The number of aliphatic hydroxyl groups is 1. The Balaban J connectivity index is 2.47. The fourth-order valence-corrected chi connectivity index (χ4v) is 1.87. The Bertz CT molecular complexity index is 330. The average Bonchev–Trinajstić information content (AvgIpc) is 2.25. The topological polar surface area (TPSA) is 70.4 Å². The number of carbonyl (C=O) groups is 1. The van der Waals surface area contributed by atoms with Crippen molar-refractivity contribution in [2.24, 2.45) is 0 Å². The Kier molecular flexibility index (Phi) is 5.14. The van der Waals surface area contributed by atoms with E-state index in [1.807, 2.05) is 0 Å². The minimum atomic E-state index is -1.00. The minimum absolute atomic E-state index is 0.0789.